The third-order valence-corrected chi connectivity index (χ3v) is 4.78. The summed E-state index contributed by atoms with van der Waals surface area (Å²) in [4.78, 5) is 12.1. The molecule has 14 heavy (non-hydrogen) atoms. The van der Waals surface area contributed by atoms with Crippen molar-refractivity contribution in [3.8, 4) is 0 Å². The predicted molar refractivity (Wildman–Crippen MR) is 53.9 cm³/mol. The summed E-state index contributed by atoms with van der Waals surface area (Å²) in [6, 6.07) is -0.0362. The zero-order valence-electron chi connectivity index (χ0n) is 9.13. The fraction of sp³-hybridized carbons (Fsp3) is 0.909. The molecule has 0 spiro atoms. The second-order valence-corrected chi connectivity index (χ2v) is 5.24. The van der Waals surface area contributed by atoms with E-state index in [4.69, 9.17) is 0 Å². The van der Waals surface area contributed by atoms with Crippen LogP contribution in [-0.4, -0.2) is 30.6 Å². The SMILES string of the molecule is CNC1C(=O)C2(CO)CCC1C2(C)C. The van der Waals surface area contributed by atoms with Crippen LogP contribution in [0.1, 0.15) is 26.7 Å². The van der Waals surface area contributed by atoms with Gasteiger partial charge in [0.25, 0.3) is 0 Å². The minimum absolute atomic E-state index is 0.00745. The van der Waals surface area contributed by atoms with Crippen molar-refractivity contribution in [3.63, 3.8) is 0 Å². The number of carbonyl (C=O) groups excluding carboxylic acids is 1. The molecule has 2 aliphatic rings. The molecule has 0 heterocycles. The third kappa shape index (κ3) is 0.829. The van der Waals surface area contributed by atoms with Crippen LogP contribution in [0.25, 0.3) is 0 Å². The van der Waals surface area contributed by atoms with E-state index in [1.807, 2.05) is 7.05 Å². The second-order valence-electron chi connectivity index (χ2n) is 5.24. The maximum atomic E-state index is 12.1. The van der Waals surface area contributed by atoms with Gasteiger partial charge in [-0.15, -0.1) is 0 Å². The van der Waals surface area contributed by atoms with Crippen molar-refractivity contribution in [2.45, 2.75) is 32.7 Å². The van der Waals surface area contributed by atoms with E-state index in [2.05, 4.69) is 19.2 Å². The van der Waals surface area contributed by atoms with Crippen molar-refractivity contribution in [1.29, 1.82) is 0 Å². The van der Waals surface area contributed by atoms with Crippen molar-refractivity contribution in [2.75, 3.05) is 13.7 Å². The first-order valence-corrected chi connectivity index (χ1v) is 5.34. The van der Waals surface area contributed by atoms with Crippen molar-refractivity contribution in [2.24, 2.45) is 16.7 Å². The van der Waals surface area contributed by atoms with E-state index in [0.717, 1.165) is 12.8 Å². The summed E-state index contributed by atoms with van der Waals surface area (Å²) in [6.45, 7) is 4.25. The molecular formula is C11H19NO2. The zero-order chi connectivity index (χ0) is 10.6. The number of Topliss-reactive ketones (excluding diaryl/α,β-unsaturated/α-hetero) is 1. The summed E-state index contributed by atoms with van der Waals surface area (Å²) >= 11 is 0. The van der Waals surface area contributed by atoms with E-state index in [0.29, 0.717) is 5.92 Å². The summed E-state index contributed by atoms with van der Waals surface area (Å²) in [5.74, 6) is 0.621. The molecule has 2 bridgehead atoms. The number of ketones is 1. The first kappa shape index (κ1) is 10.1. The van der Waals surface area contributed by atoms with Crippen LogP contribution < -0.4 is 5.32 Å². The van der Waals surface area contributed by atoms with Gasteiger partial charge in [0.05, 0.1) is 18.1 Å². The molecule has 0 aromatic carbocycles. The van der Waals surface area contributed by atoms with E-state index < -0.39 is 5.41 Å². The molecule has 2 rings (SSSR count). The van der Waals surface area contributed by atoms with Crippen LogP contribution in [0, 0.1) is 16.7 Å². The molecule has 2 fully saturated rings. The van der Waals surface area contributed by atoms with Crippen molar-refractivity contribution in [3.05, 3.63) is 0 Å². The highest BCUT2D eigenvalue weighted by Crippen LogP contribution is 2.63. The Bertz CT molecular complexity index is 274. The number of hydrogen-bond acceptors (Lipinski definition) is 3. The van der Waals surface area contributed by atoms with E-state index in [-0.39, 0.29) is 23.8 Å². The summed E-state index contributed by atoms with van der Waals surface area (Å²) in [5.41, 5.74) is -0.516. The Morgan fingerprint density at radius 1 is 1.57 bits per heavy atom. The summed E-state index contributed by atoms with van der Waals surface area (Å²) in [5, 5.41) is 12.6. The molecule has 0 amide bonds. The molecule has 3 heteroatoms. The van der Waals surface area contributed by atoms with Gasteiger partial charge in [-0.2, -0.15) is 0 Å². The highest BCUT2D eigenvalue weighted by molar-refractivity contribution is 5.94. The number of hydrogen-bond donors (Lipinski definition) is 2. The molecule has 0 radical (unpaired) electrons. The van der Waals surface area contributed by atoms with Gasteiger partial charge >= 0.3 is 0 Å². The maximum absolute atomic E-state index is 12.1. The maximum Gasteiger partial charge on any atom is 0.159 e. The van der Waals surface area contributed by atoms with Gasteiger partial charge in [-0.05, 0) is 31.2 Å². The Hall–Kier alpha value is -0.410. The lowest BCUT2D eigenvalue weighted by Crippen LogP contribution is -2.44. The van der Waals surface area contributed by atoms with Gasteiger partial charge in [0.2, 0.25) is 0 Å². The topological polar surface area (TPSA) is 49.3 Å². The number of aliphatic hydroxyl groups is 1. The normalized spacial score (nSPS) is 44.7. The molecule has 0 aromatic rings. The molecule has 0 aromatic heterocycles. The van der Waals surface area contributed by atoms with Crippen LogP contribution in [0.2, 0.25) is 0 Å². The van der Waals surface area contributed by atoms with Crippen LogP contribution >= 0.6 is 0 Å². The van der Waals surface area contributed by atoms with E-state index >= 15 is 0 Å². The quantitative estimate of drug-likeness (QED) is 0.680. The minimum atomic E-state index is -0.467. The Morgan fingerprint density at radius 2 is 2.21 bits per heavy atom. The fourth-order valence-corrected chi connectivity index (χ4v) is 3.64. The Balaban J connectivity index is 2.45. The van der Waals surface area contributed by atoms with Gasteiger partial charge in [0.15, 0.2) is 5.78 Å². The zero-order valence-corrected chi connectivity index (χ0v) is 9.13. The molecule has 2 saturated carbocycles. The number of nitrogens with one attached hydrogen (secondary N) is 1. The van der Waals surface area contributed by atoms with Crippen LogP contribution in [-0.2, 0) is 4.79 Å². The van der Waals surface area contributed by atoms with Gasteiger partial charge in [0, 0.05) is 0 Å². The van der Waals surface area contributed by atoms with Gasteiger partial charge < -0.3 is 10.4 Å². The van der Waals surface area contributed by atoms with Crippen LogP contribution in [0.4, 0.5) is 0 Å². The van der Waals surface area contributed by atoms with Crippen molar-refractivity contribution >= 4 is 5.78 Å². The Labute approximate surface area is 84.9 Å². The summed E-state index contributed by atoms with van der Waals surface area (Å²) in [6.07, 6.45) is 1.92. The third-order valence-electron chi connectivity index (χ3n) is 4.78. The largest absolute Gasteiger partial charge is 0.395 e. The average Bonchev–Trinajstić information content (AvgIpc) is 2.49. The monoisotopic (exact) mass is 197 g/mol. The van der Waals surface area contributed by atoms with E-state index in [1.165, 1.54) is 0 Å². The molecule has 3 atom stereocenters. The number of aliphatic hydroxyl groups excluding tert-OH is 1. The van der Waals surface area contributed by atoms with Crippen LogP contribution in [0.3, 0.4) is 0 Å². The number of fused-ring (bicyclic) bond motifs is 2. The van der Waals surface area contributed by atoms with Gasteiger partial charge in [-0.3, -0.25) is 4.79 Å². The van der Waals surface area contributed by atoms with Crippen molar-refractivity contribution < 1.29 is 9.90 Å². The van der Waals surface area contributed by atoms with Gasteiger partial charge in [-0.25, -0.2) is 0 Å². The smallest absolute Gasteiger partial charge is 0.159 e. The summed E-state index contributed by atoms with van der Waals surface area (Å²) in [7, 11) is 1.84. The first-order valence-electron chi connectivity index (χ1n) is 5.34. The molecule has 0 saturated heterocycles. The highest BCUT2D eigenvalue weighted by atomic mass is 16.3. The van der Waals surface area contributed by atoms with E-state index in [9.17, 15) is 9.90 Å². The lowest BCUT2D eigenvalue weighted by atomic mass is 9.69. The lowest BCUT2D eigenvalue weighted by Gasteiger charge is -2.34. The number of likely N-dealkylation sites (N-methyl/N-ethyl adjacent to an activating group) is 1. The highest BCUT2D eigenvalue weighted by Gasteiger charge is 2.67. The van der Waals surface area contributed by atoms with Crippen LogP contribution in [0.5, 0.6) is 0 Å². The average molecular weight is 197 g/mol. The van der Waals surface area contributed by atoms with Gasteiger partial charge in [-0.1, -0.05) is 13.8 Å². The Kier molecular flexibility index (Phi) is 2.02. The van der Waals surface area contributed by atoms with Crippen molar-refractivity contribution in [1.82, 2.24) is 5.32 Å². The predicted octanol–water partition coefficient (Wildman–Crippen LogP) is 0.572. The molecule has 3 nitrogen and oxygen atoms in total. The fourth-order valence-electron chi connectivity index (χ4n) is 3.64. The second kappa shape index (κ2) is 2.80. The Morgan fingerprint density at radius 3 is 2.57 bits per heavy atom. The van der Waals surface area contributed by atoms with Crippen LogP contribution in [0.15, 0.2) is 0 Å². The molecule has 0 aliphatic heterocycles. The first-order chi connectivity index (χ1) is 6.51. The minimum Gasteiger partial charge on any atom is -0.395 e. The molecule has 80 valence electrons. The van der Waals surface area contributed by atoms with Gasteiger partial charge in [0.1, 0.15) is 0 Å². The lowest BCUT2D eigenvalue weighted by molar-refractivity contribution is -0.133. The summed E-state index contributed by atoms with van der Waals surface area (Å²) < 4.78 is 0. The molecule has 3 unspecified atom stereocenters. The molecular weight excluding hydrogens is 178 g/mol. The molecule has 2 N–H and O–H groups in total. The standard InChI is InChI=1S/C11H19NO2/c1-10(2)7-4-5-11(10,6-13)9(14)8(7)12-3/h7-8,12-13H,4-6H2,1-3H3. The van der Waals surface area contributed by atoms with E-state index in [1.54, 1.807) is 0 Å². The number of carbonyl (C=O) groups is 1. The molecule has 2 aliphatic carbocycles. The number of rotatable bonds is 2.